The normalized spacial score (nSPS) is 13.2. The van der Waals surface area contributed by atoms with Crippen molar-refractivity contribution in [3.63, 3.8) is 0 Å². The molecule has 2 N–H and O–H groups in total. The largest absolute Gasteiger partial charge is 0.409 e. The number of rotatable bonds is 2. The molecule has 0 atom stereocenters. The first kappa shape index (κ1) is 11.2. The first-order valence-corrected chi connectivity index (χ1v) is 4.00. The summed E-state index contributed by atoms with van der Waals surface area (Å²) in [6, 6.07) is 0. The maximum absolute atomic E-state index is 8.60. The van der Waals surface area contributed by atoms with Crippen LogP contribution >= 0.6 is 0 Å². The van der Waals surface area contributed by atoms with Gasteiger partial charge < -0.3 is 15.4 Å². The molecule has 0 bridgehead atoms. The van der Waals surface area contributed by atoms with Crippen LogP contribution in [-0.2, 0) is 0 Å². The van der Waals surface area contributed by atoms with Crippen molar-refractivity contribution in [2.24, 2.45) is 5.16 Å². The Labute approximate surface area is 74.2 Å². The molecule has 0 aliphatic rings. The van der Waals surface area contributed by atoms with Gasteiger partial charge in [0.2, 0.25) is 0 Å². The lowest BCUT2D eigenvalue weighted by Crippen LogP contribution is -2.42. The highest BCUT2D eigenvalue weighted by Gasteiger charge is 2.11. The van der Waals surface area contributed by atoms with Gasteiger partial charge >= 0.3 is 0 Å². The molecule has 0 aromatic carbocycles. The van der Waals surface area contributed by atoms with E-state index in [2.05, 4.69) is 31.2 Å². The van der Waals surface area contributed by atoms with E-state index in [1.165, 1.54) is 0 Å². The van der Waals surface area contributed by atoms with E-state index in [1.54, 1.807) is 4.90 Å². The lowest BCUT2D eigenvalue weighted by Gasteiger charge is -2.22. The summed E-state index contributed by atoms with van der Waals surface area (Å²) in [5.41, 5.74) is 0.0476. The van der Waals surface area contributed by atoms with Crippen LogP contribution in [0.3, 0.4) is 0 Å². The van der Waals surface area contributed by atoms with E-state index in [0.29, 0.717) is 12.4 Å². The van der Waals surface area contributed by atoms with E-state index in [-0.39, 0.29) is 5.54 Å². The molecule has 0 saturated carbocycles. The van der Waals surface area contributed by atoms with Crippen molar-refractivity contribution in [1.82, 2.24) is 10.2 Å². The van der Waals surface area contributed by atoms with Gasteiger partial charge in [-0.05, 0) is 20.8 Å². The third-order valence-corrected chi connectivity index (χ3v) is 1.41. The fourth-order valence-electron chi connectivity index (χ4n) is 0.627. The molecule has 4 heteroatoms. The van der Waals surface area contributed by atoms with Gasteiger partial charge in [-0.1, -0.05) is 5.16 Å². The zero-order valence-corrected chi connectivity index (χ0v) is 8.55. The van der Waals surface area contributed by atoms with Crippen molar-refractivity contribution in [3.05, 3.63) is 0 Å². The van der Waals surface area contributed by atoms with Crippen LogP contribution in [0.1, 0.15) is 20.8 Å². The molecule has 0 spiro atoms. The van der Waals surface area contributed by atoms with Gasteiger partial charge in [-0.15, -0.1) is 0 Å². The van der Waals surface area contributed by atoms with E-state index < -0.39 is 0 Å². The fourth-order valence-corrected chi connectivity index (χ4v) is 0.627. The third-order valence-electron chi connectivity index (χ3n) is 1.41. The summed E-state index contributed by atoms with van der Waals surface area (Å²) in [7, 11) is 3.69. The lowest BCUT2D eigenvalue weighted by atomic mass is 10.1. The Bertz CT molecular complexity index is 158. The van der Waals surface area contributed by atoms with Crippen LogP contribution in [0, 0.1) is 0 Å². The van der Waals surface area contributed by atoms with Crippen LogP contribution in [0.15, 0.2) is 5.16 Å². The first-order valence-electron chi connectivity index (χ1n) is 4.00. The highest BCUT2D eigenvalue weighted by Crippen LogP contribution is 1.97. The average Bonchev–Trinajstić information content (AvgIpc) is 1.85. The summed E-state index contributed by atoms with van der Waals surface area (Å²) in [4.78, 5) is 1.78. The van der Waals surface area contributed by atoms with Crippen molar-refractivity contribution < 1.29 is 5.21 Å². The second-order valence-electron chi connectivity index (χ2n) is 4.01. The minimum atomic E-state index is 0.0476. The van der Waals surface area contributed by atoms with Crippen LogP contribution in [0.25, 0.3) is 0 Å². The van der Waals surface area contributed by atoms with E-state index in [1.807, 2.05) is 14.1 Å². The van der Waals surface area contributed by atoms with Gasteiger partial charge in [0.25, 0.3) is 0 Å². The van der Waals surface area contributed by atoms with Crippen molar-refractivity contribution >= 4 is 5.84 Å². The average molecular weight is 173 g/mol. The van der Waals surface area contributed by atoms with Gasteiger partial charge in [0.05, 0.1) is 6.54 Å². The van der Waals surface area contributed by atoms with Crippen LogP contribution in [-0.4, -0.2) is 42.1 Å². The monoisotopic (exact) mass is 173 g/mol. The molecular formula is C8H19N3O. The molecule has 72 valence electrons. The van der Waals surface area contributed by atoms with Crippen LogP contribution < -0.4 is 5.32 Å². The topological polar surface area (TPSA) is 47.9 Å². The van der Waals surface area contributed by atoms with E-state index in [0.717, 1.165) is 0 Å². The molecule has 0 fully saturated rings. The van der Waals surface area contributed by atoms with Gasteiger partial charge in [0.15, 0.2) is 5.84 Å². The molecule has 0 amide bonds. The Hall–Kier alpha value is -0.770. The minimum absolute atomic E-state index is 0.0476. The molecule has 0 aliphatic heterocycles. The predicted molar refractivity (Wildman–Crippen MR) is 50.7 cm³/mol. The second kappa shape index (κ2) is 4.30. The lowest BCUT2D eigenvalue weighted by molar-refractivity contribution is 0.306. The molecule has 0 saturated heterocycles. The van der Waals surface area contributed by atoms with Crippen molar-refractivity contribution in [1.29, 1.82) is 0 Å². The highest BCUT2D eigenvalue weighted by atomic mass is 16.4. The third kappa shape index (κ3) is 4.96. The highest BCUT2D eigenvalue weighted by molar-refractivity contribution is 5.83. The fraction of sp³-hybridized carbons (Fsp3) is 0.875. The summed E-state index contributed by atoms with van der Waals surface area (Å²) >= 11 is 0. The van der Waals surface area contributed by atoms with Crippen LogP contribution in [0.2, 0.25) is 0 Å². The number of amidine groups is 1. The molecular weight excluding hydrogens is 154 g/mol. The van der Waals surface area contributed by atoms with E-state index >= 15 is 0 Å². The zero-order valence-electron chi connectivity index (χ0n) is 8.55. The molecule has 0 heterocycles. The summed E-state index contributed by atoms with van der Waals surface area (Å²) in [5.74, 6) is 0.630. The maximum Gasteiger partial charge on any atom is 0.157 e. The molecule has 0 aliphatic carbocycles. The van der Waals surface area contributed by atoms with Gasteiger partial charge in [-0.2, -0.15) is 0 Å². The smallest absolute Gasteiger partial charge is 0.157 e. The molecule has 0 unspecified atom stereocenters. The number of nitrogens with one attached hydrogen (secondary N) is 1. The van der Waals surface area contributed by atoms with Gasteiger partial charge in [-0.3, -0.25) is 0 Å². The van der Waals surface area contributed by atoms with E-state index in [4.69, 9.17) is 5.21 Å². The summed E-state index contributed by atoms with van der Waals surface area (Å²) < 4.78 is 0. The molecule has 0 aromatic heterocycles. The molecule has 12 heavy (non-hydrogen) atoms. The summed E-state index contributed by atoms with van der Waals surface area (Å²) in [6.07, 6.45) is 0. The standard InChI is InChI=1S/C8H19N3O/c1-8(2,3)9-6-7(10-12)11(4)5/h9,12H,6H2,1-5H3/b10-7-. The summed E-state index contributed by atoms with van der Waals surface area (Å²) in [6.45, 7) is 6.78. The quantitative estimate of drug-likeness (QED) is 0.280. The number of oxime groups is 1. The Morgan fingerprint density at radius 1 is 1.42 bits per heavy atom. The minimum Gasteiger partial charge on any atom is -0.409 e. The molecule has 0 radical (unpaired) electrons. The molecule has 0 rings (SSSR count). The van der Waals surface area contributed by atoms with Gasteiger partial charge in [0, 0.05) is 19.6 Å². The van der Waals surface area contributed by atoms with Crippen LogP contribution in [0.5, 0.6) is 0 Å². The zero-order chi connectivity index (χ0) is 9.78. The molecule has 4 nitrogen and oxygen atoms in total. The maximum atomic E-state index is 8.60. The van der Waals surface area contributed by atoms with Gasteiger partial charge in [0.1, 0.15) is 0 Å². The Balaban J connectivity index is 3.92. The van der Waals surface area contributed by atoms with Crippen LogP contribution in [0.4, 0.5) is 0 Å². The van der Waals surface area contributed by atoms with Crippen molar-refractivity contribution in [2.75, 3.05) is 20.6 Å². The van der Waals surface area contributed by atoms with E-state index in [9.17, 15) is 0 Å². The molecule has 0 aromatic rings. The number of hydrogen-bond acceptors (Lipinski definition) is 3. The predicted octanol–water partition coefficient (Wildman–Crippen LogP) is 0.724. The number of likely N-dealkylation sites (N-methyl/N-ethyl adjacent to an activating group) is 1. The SMILES string of the molecule is CN(C)/C(CNC(C)(C)C)=N\O. The van der Waals surface area contributed by atoms with Crippen molar-refractivity contribution in [2.45, 2.75) is 26.3 Å². The Morgan fingerprint density at radius 3 is 2.17 bits per heavy atom. The van der Waals surface area contributed by atoms with Crippen molar-refractivity contribution in [3.8, 4) is 0 Å². The summed E-state index contributed by atoms with van der Waals surface area (Å²) in [5, 5.41) is 15.0. The number of hydrogen-bond donors (Lipinski definition) is 2. The number of nitrogens with zero attached hydrogens (tertiary/aromatic N) is 2. The Morgan fingerprint density at radius 2 is 1.92 bits per heavy atom. The van der Waals surface area contributed by atoms with Gasteiger partial charge in [-0.25, -0.2) is 0 Å². The Kier molecular flexibility index (Phi) is 4.03. The second-order valence-corrected chi connectivity index (χ2v) is 4.01. The first-order chi connectivity index (χ1) is 5.37.